The van der Waals surface area contributed by atoms with E-state index in [1.54, 1.807) is 0 Å². The fourth-order valence-corrected chi connectivity index (χ4v) is 2.21. The summed E-state index contributed by atoms with van der Waals surface area (Å²) in [5.41, 5.74) is 0. The summed E-state index contributed by atoms with van der Waals surface area (Å²) in [6.07, 6.45) is -0.671. The van der Waals surface area contributed by atoms with E-state index in [2.05, 4.69) is 4.74 Å². The van der Waals surface area contributed by atoms with Crippen LogP contribution >= 0.6 is 11.6 Å². The van der Waals surface area contributed by atoms with Crippen molar-refractivity contribution in [3.8, 4) is 11.5 Å². The highest BCUT2D eigenvalue weighted by Gasteiger charge is 2.31. The van der Waals surface area contributed by atoms with Crippen LogP contribution in [0.15, 0.2) is 18.2 Å². The summed E-state index contributed by atoms with van der Waals surface area (Å²) in [7, 11) is 0. The van der Waals surface area contributed by atoms with E-state index < -0.39 is 6.36 Å². The third kappa shape index (κ3) is 3.98. The van der Waals surface area contributed by atoms with Crippen molar-refractivity contribution in [2.75, 3.05) is 0 Å². The molecule has 18 heavy (non-hydrogen) atoms. The van der Waals surface area contributed by atoms with E-state index in [1.807, 2.05) is 0 Å². The van der Waals surface area contributed by atoms with Crippen LogP contribution in [0.4, 0.5) is 13.2 Å². The second kappa shape index (κ2) is 5.26. The summed E-state index contributed by atoms with van der Waals surface area (Å²) < 4.78 is 45.7. The van der Waals surface area contributed by atoms with E-state index in [1.165, 1.54) is 12.1 Å². The van der Waals surface area contributed by atoms with Gasteiger partial charge in [0.05, 0.1) is 6.10 Å². The first-order valence-electron chi connectivity index (χ1n) is 5.65. The maximum atomic E-state index is 12.1. The predicted octanol–water partition coefficient (Wildman–Crippen LogP) is 4.56. The summed E-state index contributed by atoms with van der Waals surface area (Å²) in [4.78, 5) is 0. The number of halogens is 4. The first kappa shape index (κ1) is 13.3. The highest BCUT2D eigenvalue weighted by molar-refractivity contribution is 6.30. The number of ether oxygens (including phenoxy) is 2. The molecule has 1 aromatic carbocycles. The van der Waals surface area contributed by atoms with E-state index >= 15 is 0 Å². The molecule has 0 spiro atoms. The lowest BCUT2D eigenvalue weighted by Gasteiger charge is -2.15. The number of benzene rings is 1. The van der Waals surface area contributed by atoms with Crippen molar-refractivity contribution >= 4 is 11.6 Å². The summed E-state index contributed by atoms with van der Waals surface area (Å²) in [6, 6.07) is 3.80. The number of hydrogen-bond acceptors (Lipinski definition) is 2. The molecule has 100 valence electrons. The molecule has 0 unspecified atom stereocenters. The number of rotatable bonds is 3. The van der Waals surface area contributed by atoms with Crippen molar-refractivity contribution in [1.82, 2.24) is 0 Å². The van der Waals surface area contributed by atoms with Gasteiger partial charge >= 0.3 is 6.36 Å². The molecule has 6 heteroatoms. The molecule has 2 nitrogen and oxygen atoms in total. The lowest BCUT2D eigenvalue weighted by atomic mass is 10.3. The fourth-order valence-electron chi connectivity index (χ4n) is 2.00. The Kier molecular flexibility index (Phi) is 3.90. The Morgan fingerprint density at radius 3 is 2.28 bits per heavy atom. The molecular formula is C12H12ClF3O2. The van der Waals surface area contributed by atoms with Crippen molar-refractivity contribution in [1.29, 1.82) is 0 Å². The lowest BCUT2D eigenvalue weighted by Crippen LogP contribution is -2.17. The van der Waals surface area contributed by atoms with Crippen LogP contribution in [0.3, 0.4) is 0 Å². The summed E-state index contributed by atoms with van der Waals surface area (Å²) in [5, 5.41) is 0.157. The Morgan fingerprint density at radius 1 is 1.06 bits per heavy atom. The first-order chi connectivity index (χ1) is 8.42. The minimum Gasteiger partial charge on any atom is -0.490 e. The molecule has 0 radical (unpaired) electrons. The highest BCUT2D eigenvalue weighted by Crippen LogP contribution is 2.32. The summed E-state index contributed by atoms with van der Waals surface area (Å²) in [5.74, 6) is -0.0448. The molecule has 0 aliphatic heterocycles. The van der Waals surface area contributed by atoms with E-state index in [0.29, 0.717) is 5.75 Å². The minimum atomic E-state index is -4.73. The van der Waals surface area contributed by atoms with Crippen LogP contribution in [-0.2, 0) is 0 Å². The molecule has 1 fully saturated rings. The van der Waals surface area contributed by atoms with Gasteiger partial charge in [-0.15, -0.1) is 13.2 Å². The van der Waals surface area contributed by atoms with E-state index in [9.17, 15) is 13.2 Å². The smallest absolute Gasteiger partial charge is 0.490 e. The molecule has 0 heterocycles. The fraction of sp³-hybridized carbons (Fsp3) is 0.500. The van der Waals surface area contributed by atoms with Crippen molar-refractivity contribution in [2.24, 2.45) is 0 Å². The van der Waals surface area contributed by atoms with Gasteiger partial charge in [0.2, 0.25) is 0 Å². The van der Waals surface area contributed by atoms with Gasteiger partial charge in [-0.05, 0) is 37.8 Å². The molecule has 0 N–H and O–H groups in total. The van der Waals surface area contributed by atoms with Crippen LogP contribution in [0.5, 0.6) is 11.5 Å². The molecule has 2 rings (SSSR count). The zero-order chi connectivity index (χ0) is 13.2. The van der Waals surface area contributed by atoms with Gasteiger partial charge in [-0.3, -0.25) is 0 Å². The van der Waals surface area contributed by atoms with Crippen LogP contribution in [0.2, 0.25) is 5.02 Å². The van der Waals surface area contributed by atoms with E-state index in [0.717, 1.165) is 31.7 Å². The Hall–Kier alpha value is -1.10. The van der Waals surface area contributed by atoms with E-state index in [-0.39, 0.29) is 16.9 Å². The average Bonchev–Trinajstić information content (AvgIpc) is 2.66. The molecule has 0 bridgehead atoms. The molecule has 0 amide bonds. The normalized spacial score (nSPS) is 16.9. The van der Waals surface area contributed by atoms with Gasteiger partial charge < -0.3 is 9.47 Å². The molecule has 0 saturated heterocycles. The molecule has 1 aliphatic carbocycles. The first-order valence-corrected chi connectivity index (χ1v) is 6.03. The third-order valence-corrected chi connectivity index (χ3v) is 2.90. The monoisotopic (exact) mass is 280 g/mol. The topological polar surface area (TPSA) is 18.5 Å². The zero-order valence-corrected chi connectivity index (χ0v) is 10.2. The molecule has 1 aliphatic rings. The van der Waals surface area contributed by atoms with Gasteiger partial charge in [-0.1, -0.05) is 11.6 Å². The quantitative estimate of drug-likeness (QED) is 0.808. The highest BCUT2D eigenvalue weighted by atomic mass is 35.5. The van der Waals surface area contributed by atoms with E-state index in [4.69, 9.17) is 16.3 Å². The SMILES string of the molecule is FC(F)(F)Oc1cc(Cl)cc(OC2CCCC2)c1. The summed E-state index contributed by atoms with van der Waals surface area (Å²) >= 11 is 5.74. The van der Waals surface area contributed by atoms with Crippen LogP contribution in [0.1, 0.15) is 25.7 Å². The molecule has 0 atom stereocenters. The van der Waals surface area contributed by atoms with Crippen molar-refractivity contribution in [3.05, 3.63) is 23.2 Å². The van der Waals surface area contributed by atoms with Gasteiger partial charge in [-0.25, -0.2) is 0 Å². The Labute approximate surface area is 108 Å². The maximum absolute atomic E-state index is 12.1. The Balaban J connectivity index is 2.10. The summed E-state index contributed by atoms with van der Waals surface area (Å²) in [6.45, 7) is 0. The molecular weight excluding hydrogens is 269 g/mol. The number of hydrogen-bond donors (Lipinski definition) is 0. The predicted molar refractivity (Wildman–Crippen MR) is 61.0 cm³/mol. The van der Waals surface area contributed by atoms with Crippen LogP contribution in [0, 0.1) is 0 Å². The average molecular weight is 281 g/mol. The van der Waals surface area contributed by atoms with Gasteiger partial charge in [0.25, 0.3) is 0 Å². The van der Waals surface area contributed by atoms with Gasteiger partial charge in [0.15, 0.2) is 0 Å². The lowest BCUT2D eigenvalue weighted by molar-refractivity contribution is -0.274. The van der Waals surface area contributed by atoms with Crippen LogP contribution in [-0.4, -0.2) is 12.5 Å². The maximum Gasteiger partial charge on any atom is 0.573 e. The van der Waals surface area contributed by atoms with Crippen LogP contribution in [0.25, 0.3) is 0 Å². The Morgan fingerprint density at radius 2 is 1.67 bits per heavy atom. The van der Waals surface area contributed by atoms with Crippen LogP contribution < -0.4 is 9.47 Å². The van der Waals surface area contributed by atoms with Gasteiger partial charge in [0, 0.05) is 11.1 Å². The Bertz CT molecular complexity index is 414. The third-order valence-electron chi connectivity index (χ3n) is 2.68. The van der Waals surface area contributed by atoms with Gasteiger partial charge in [0.1, 0.15) is 11.5 Å². The largest absolute Gasteiger partial charge is 0.573 e. The van der Waals surface area contributed by atoms with Gasteiger partial charge in [-0.2, -0.15) is 0 Å². The number of alkyl halides is 3. The second-order valence-electron chi connectivity index (χ2n) is 4.19. The molecule has 1 saturated carbocycles. The van der Waals surface area contributed by atoms with Crippen molar-refractivity contribution in [3.63, 3.8) is 0 Å². The second-order valence-corrected chi connectivity index (χ2v) is 4.63. The molecule has 1 aromatic rings. The minimum absolute atomic E-state index is 0.0576. The van der Waals surface area contributed by atoms with Crippen molar-refractivity contribution < 1.29 is 22.6 Å². The standard InChI is InChI=1S/C12H12ClF3O2/c13-8-5-10(17-9-3-1-2-4-9)7-11(6-8)18-12(14,15)16/h5-7,9H,1-4H2. The van der Waals surface area contributed by atoms with Crippen molar-refractivity contribution in [2.45, 2.75) is 38.1 Å². The zero-order valence-electron chi connectivity index (χ0n) is 9.47. The molecule has 0 aromatic heterocycles.